The topological polar surface area (TPSA) is 84.0 Å². The van der Waals surface area contributed by atoms with Crippen molar-refractivity contribution in [2.75, 3.05) is 32.8 Å². The van der Waals surface area contributed by atoms with Crippen LogP contribution in [-0.2, 0) is 24.3 Å². The van der Waals surface area contributed by atoms with E-state index in [0.29, 0.717) is 39.0 Å². The highest BCUT2D eigenvalue weighted by molar-refractivity contribution is 7.90. The van der Waals surface area contributed by atoms with E-state index >= 15 is 0 Å². The first-order valence-corrected chi connectivity index (χ1v) is 10.2. The molecule has 0 unspecified atom stereocenters. The number of esters is 1. The summed E-state index contributed by atoms with van der Waals surface area (Å²) in [7, 11) is -3.28. The summed E-state index contributed by atoms with van der Waals surface area (Å²) in [5.41, 5.74) is -0.768. The number of hydrogen-bond donors (Lipinski definition) is 0. The highest BCUT2D eigenvalue weighted by Crippen LogP contribution is 2.45. The normalized spacial score (nSPS) is 31.4. The number of nitrogens with zero attached hydrogens (tertiary/aromatic N) is 2. The minimum Gasteiger partial charge on any atom is -0.466 e. The lowest BCUT2D eigenvalue weighted by Crippen LogP contribution is -2.44. The Morgan fingerprint density at radius 3 is 2.54 bits per heavy atom. The Hall–Kier alpha value is -1.15. The van der Waals surface area contributed by atoms with Gasteiger partial charge in [0, 0.05) is 39.0 Å². The van der Waals surface area contributed by atoms with Crippen molar-refractivity contribution < 1.29 is 22.7 Å². The van der Waals surface area contributed by atoms with Gasteiger partial charge in [0.15, 0.2) is 0 Å². The number of fused-ring (bicyclic) bond motifs is 1. The summed E-state index contributed by atoms with van der Waals surface area (Å²) in [4.78, 5) is 26.2. The Kier molecular flexibility index (Phi) is 4.63. The van der Waals surface area contributed by atoms with Gasteiger partial charge in [-0.25, -0.2) is 12.7 Å². The summed E-state index contributed by atoms with van der Waals surface area (Å²) in [6, 6.07) is 0. The van der Waals surface area contributed by atoms with E-state index in [9.17, 15) is 18.0 Å². The van der Waals surface area contributed by atoms with Crippen LogP contribution in [0.4, 0.5) is 0 Å². The Balaban J connectivity index is 1.88. The van der Waals surface area contributed by atoms with Crippen molar-refractivity contribution in [2.45, 2.75) is 44.8 Å². The Bertz CT molecular complexity index is 630. The maximum Gasteiger partial charge on any atom is 0.314 e. The predicted octanol–water partition coefficient (Wildman–Crippen LogP) is 0.602. The van der Waals surface area contributed by atoms with E-state index in [4.69, 9.17) is 4.74 Å². The molecule has 0 aromatic rings. The zero-order valence-electron chi connectivity index (χ0n) is 14.4. The summed E-state index contributed by atoms with van der Waals surface area (Å²) in [5.74, 6) is -0.566. The van der Waals surface area contributed by atoms with Gasteiger partial charge in [0.2, 0.25) is 15.9 Å². The van der Waals surface area contributed by atoms with E-state index < -0.39 is 15.4 Å². The van der Waals surface area contributed by atoms with Gasteiger partial charge in [-0.1, -0.05) is 0 Å². The third-order valence-electron chi connectivity index (χ3n) is 5.58. The SMILES string of the molecule is CCOC(=O)[C@@]12CCCN(S(=O)(=O)C3CC3)C[C@@H]1CN(C(C)=O)C2. The fourth-order valence-corrected chi connectivity index (χ4v) is 5.98. The maximum atomic E-state index is 12.7. The van der Waals surface area contributed by atoms with Gasteiger partial charge in [0.1, 0.15) is 0 Å². The second kappa shape index (κ2) is 6.29. The molecule has 2 atom stereocenters. The van der Waals surface area contributed by atoms with E-state index in [1.165, 1.54) is 6.92 Å². The first-order chi connectivity index (χ1) is 11.3. The van der Waals surface area contributed by atoms with E-state index in [2.05, 4.69) is 0 Å². The number of carbonyl (C=O) groups excluding carboxylic acids is 2. The highest BCUT2D eigenvalue weighted by atomic mass is 32.2. The van der Waals surface area contributed by atoms with Crippen LogP contribution in [0.1, 0.15) is 39.5 Å². The molecular formula is C16H26N2O5S. The lowest BCUT2D eigenvalue weighted by atomic mass is 9.75. The number of carbonyl (C=O) groups is 2. The molecule has 1 amide bonds. The van der Waals surface area contributed by atoms with Crippen LogP contribution in [0.15, 0.2) is 0 Å². The standard InChI is InChI=1S/C16H26N2O5S/c1-3-23-15(20)16-7-4-8-18(24(21,22)14-5-6-14)10-13(16)9-17(11-16)12(2)19/h13-14H,3-11H2,1-2H3/t13-,16+/m0/s1. The molecule has 0 aromatic carbocycles. The van der Waals surface area contributed by atoms with Crippen molar-refractivity contribution in [1.29, 1.82) is 0 Å². The molecule has 2 saturated heterocycles. The number of amides is 1. The third kappa shape index (κ3) is 2.94. The molecule has 0 spiro atoms. The number of ether oxygens (including phenoxy) is 1. The van der Waals surface area contributed by atoms with Crippen molar-refractivity contribution in [1.82, 2.24) is 9.21 Å². The summed E-state index contributed by atoms with van der Waals surface area (Å²) < 4.78 is 32.1. The fraction of sp³-hybridized carbons (Fsp3) is 0.875. The number of sulfonamides is 1. The maximum absolute atomic E-state index is 12.7. The van der Waals surface area contributed by atoms with E-state index in [-0.39, 0.29) is 29.7 Å². The molecule has 2 aliphatic heterocycles. The minimum atomic E-state index is -3.28. The molecule has 2 heterocycles. The fourth-order valence-electron chi connectivity index (χ4n) is 4.05. The Morgan fingerprint density at radius 1 is 1.25 bits per heavy atom. The smallest absolute Gasteiger partial charge is 0.314 e. The molecule has 1 aliphatic carbocycles. The van der Waals surface area contributed by atoms with Crippen LogP contribution < -0.4 is 0 Å². The quantitative estimate of drug-likeness (QED) is 0.687. The summed E-state index contributed by atoms with van der Waals surface area (Å²) in [6.07, 6.45) is 2.64. The average Bonchev–Trinajstić information content (AvgIpc) is 3.32. The molecule has 24 heavy (non-hydrogen) atoms. The lowest BCUT2D eigenvalue weighted by molar-refractivity contribution is -0.157. The molecule has 8 heteroatoms. The molecule has 0 radical (unpaired) electrons. The van der Waals surface area contributed by atoms with Crippen molar-refractivity contribution in [2.24, 2.45) is 11.3 Å². The molecule has 3 aliphatic rings. The third-order valence-corrected chi connectivity index (χ3v) is 7.95. The average molecular weight is 358 g/mol. The van der Waals surface area contributed by atoms with Gasteiger partial charge < -0.3 is 9.64 Å². The van der Waals surface area contributed by atoms with Crippen LogP contribution in [0.2, 0.25) is 0 Å². The number of rotatable bonds is 4. The molecule has 0 aromatic heterocycles. The Morgan fingerprint density at radius 2 is 1.96 bits per heavy atom. The van der Waals surface area contributed by atoms with Crippen LogP contribution in [0.3, 0.4) is 0 Å². The van der Waals surface area contributed by atoms with Crippen LogP contribution in [0, 0.1) is 11.3 Å². The van der Waals surface area contributed by atoms with Gasteiger partial charge in [-0.2, -0.15) is 0 Å². The zero-order valence-corrected chi connectivity index (χ0v) is 15.2. The monoisotopic (exact) mass is 358 g/mol. The molecule has 1 saturated carbocycles. The molecule has 3 rings (SSSR count). The lowest BCUT2D eigenvalue weighted by Gasteiger charge is -2.31. The van der Waals surface area contributed by atoms with Crippen LogP contribution in [0.25, 0.3) is 0 Å². The van der Waals surface area contributed by atoms with Gasteiger partial charge >= 0.3 is 5.97 Å². The van der Waals surface area contributed by atoms with Gasteiger partial charge in [-0.15, -0.1) is 0 Å². The van der Waals surface area contributed by atoms with Gasteiger partial charge in [0.05, 0.1) is 17.3 Å². The van der Waals surface area contributed by atoms with Crippen LogP contribution in [0.5, 0.6) is 0 Å². The summed E-state index contributed by atoms with van der Waals surface area (Å²) in [5, 5.41) is -0.252. The first kappa shape index (κ1) is 17.7. The Labute approximate surface area is 143 Å². The second-order valence-corrected chi connectivity index (χ2v) is 9.39. The van der Waals surface area contributed by atoms with Gasteiger partial charge in [-0.05, 0) is 32.6 Å². The van der Waals surface area contributed by atoms with Crippen molar-refractivity contribution in [3.63, 3.8) is 0 Å². The molecule has 136 valence electrons. The zero-order chi connectivity index (χ0) is 17.5. The minimum absolute atomic E-state index is 0.0802. The predicted molar refractivity (Wildman–Crippen MR) is 87.6 cm³/mol. The first-order valence-electron chi connectivity index (χ1n) is 8.73. The summed E-state index contributed by atoms with van der Waals surface area (Å²) in [6.45, 7) is 5.06. The number of likely N-dealkylation sites (tertiary alicyclic amines) is 1. The molecule has 7 nitrogen and oxygen atoms in total. The highest BCUT2D eigenvalue weighted by Gasteiger charge is 2.56. The summed E-state index contributed by atoms with van der Waals surface area (Å²) >= 11 is 0. The molecular weight excluding hydrogens is 332 g/mol. The number of hydrogen-bond acceptors (Lipinski definition) is 5. The largest absolute Gasteiger partial charge is 0.466 e. The van der Waals surface area contributed by atoms with E-state index in [0.717, 1.165) is 12.8 Å². The van der Waals surface area contributed by atoms with Crippen molar-refractivity contribution in [3.8, 4) is 0 Å². The van der Waals surface area contributed by atoms with Crippen molar-refractivity contribution in [3.05, 3.63) is 0 Å². The molecule has 0 bridgehead atoms. The van der Waals surface area contributed by atoms with Crippen LogP contribution >= 0.6 is 0 Å². The van der Waals surface area contributed by atoms with Gasteiger partial charge in [-0.3, -0.25) is 9.59 Å². The molecule has 0 N–H and O–H groups in total. The molecule has 3 fully saturated rings. The van der Waals surface area contributed by atoms with E-state index in [1.54, 1.807) is 16.1 Å². The van der Waals surface area contributed by atoms with Crippen molar-refractivity contribution >= 4 is 21.9 Å². The van der Waals surface area contributed by atoms with Gasteiger partial charge in [0.25, 0.3) is 0 Å². The van der Waals surface area contributed by atoms with Crippen LogP contribution in [-0.4, -0.2) is 67.5 Å². The second-order valence-electron chi connectivity index (χ2n) is 7.18. The van der Waals surface area contributed by atoms with E-state index in [1.807, 2.05) is 0 Å².